The Labute approximate surface area is 78.9 Å². The molecule has 72 valence electrons. The fourth-order valence-electron chi connectivity index (χ4n) is 1.31. The molecule has 0 amide bonds. The lowest BCUT2D eigenvalue weighted by molar-refractivity contribution is 0.412. The molecule has 1 aromatic rings. The summed E-state index contributed by atoms with van der Waals surface area (Å²) in [5.74, 6) is 6.28. The van der Waals surface area contributed by atoms with Crippen LogP contribution in [-0.2, 0) is 0 Å². The van der Waals surface area contributed by atoms with Gasteiger partial charge in [0.2, 0.25) is 0 Å². The summed E-state index contributed by atoms with van der Waals surface area (Å²) in [6, 6.07) is 8.13. The van der Waals surface area contributed by atoms with E-state index in [0.29, 0.717) is 0 Å². The van der Waals surface area contributed by atoms with Crippen molar-refractivity contribution in [2.75, 3.05) is 7.11 Å². The van der Waals surface area contributed by atoms with Crippen molar-refractivity contribution in [1.29, 1.82) is 0 Å². The Morgan fingerprint density at radius 1 is 1.54 bits per heavy atom. The van der Waals surface area contributed by atoms with Gasteiger partial charge in [0.25, 0.3) is 0 Å². The molecule has 1 rings (SSSR count). The van der Waals surface area contributed by atoms with E-state index in [1.165, 1.54) is 0 Å². The summed E-state index contributed by atoms with van der Waals surface area (Å²) in [5.41, 5.74) is 3.92. The van der Waals surface area contributed by atoms with Gasteiger partial charge in [-0.3, -0.25) is 11.3 Å². The van der Waals surface area contributed by atoms with E-state index in [-0.39, 0.29) is 6.04 Å². The normalized spacial score (nSPS) is 12.5. The van der Waals surface area contributed by atoms with Crippen LogP contribution in [0.25, 0.3) is 0 Å². The monoisotopic (exact) mass is 180 g/mol. The SMILES string of the molecule is CCC(NN)c1cccc(OC)c1. The number of nitrogens with two attached hydrogens (primary N) is 1. The van der Waals surface area contributed by atoms with Gasteiger partial charge in [-0.1, -0.05) is 19.1 Å². The third-order valence-electron chi connectivity index (χ3n) is 2.11. The number of rotatable bonds is 4. The number of ether oxygens (including phenoxy) is 1. The summed E-state index contributed by atoms with van der Waals surface area (Å²) in [7, 11) is 1.66. The van der Waals surface area contributed by atoms with Crippen molar-refractivity contribution in [3.8, 4) is 5.75 Å². The summed E-state index contributed by atoms with van der Waals surface area (Å²) < 4.78 is 5.13. The van der Waals surface area contributed by atoms with Crippen LogP contribution in [0.3, 0.4) is 0 Å². The van der Waals surface area contributed by atoms with E-state index in [9.17, 15) is 0 Å². The first-order valence-corrected chi connectivity index (χ1v) is 4.42. The fourth-order valence-corrected chi connectivity index (χ4v) is 1.31. The van der Waals surface area contributed by atoms with E-state index in [0.717, 1.165) is 17.7 Å². The van der Waals surface area contributed by atoms with Crippen LogP contribution in [0.5, 0.6) is 5.75 Å². The van der Waals surface area contributed by atoms with E-state index >= 15 is 0 Å². The highest BCUT2D eigenvalue weighted by Gasteiger charge is 2.06. The lowest BCUT2D eigenvalue weighted by atomic mass is 10.1. The fraction of sp³-hybridized carbons (Fsp3) is 0.400. The molecule has 0 saturated heterocycles. The Morgan fingerprint density at radius 2 is 2.31 bits per heavy atom. The predicted octanol–water partition coefficient (Wildman–Crippen LogP) is 1.61. The van der Waals surface area contributed by atoms with E-state index in [1.807, 2.05) is 24.3 Å². The van der Waals surface area contributed by atoms with Gasteiger partial charge in [-0.25, -0.2) is 0 Å². The maximum Gasteiger partial charge on any atom is 0.119 e. The summed E-state index contributed by atoms with van der Waals surface area (Å²) in [6.07, 6.45) is 0.962. The molecule has 1 aromatic carbocycles. The molecular weight excluding hydrogens is 164 g/mol. The van der Waals surface area contributed by atoms with E-state index in [4.69, 9.17) is 10.6 Å². The molecule has 13 heavy (non-hydrogen) atoms. The molecule has 3 nitrogen and oxygen atoms in total. The molecule has 1 unspecified atom stereocenters. The minimum Gasteiger partial charge on any atom is -0.497 e. The summed E-state index contributed by atoms with van der Waals surface area (Å²) in [4.78, 5) is 0. The summed E-state index contributed by atoms with van der Waals surface area (Å²) >= 11 is 0. The zero-order chi connectivity index (χ0) is 9.68. The quantitative estimate of drug-likeness (QED) is 0.546. The Hall–Kier alpha value is -1.06. The highest BCUT2D eigenvalue weighted by Crippen LogP contribution is 2.20. The van der Waals surface area contributed by atoms with Gasteiger partial charge in [-0.15, -0.1) is 0 Å². The average Bonchev–Trinajstić information content (AvgIpc) is 2.20. The molecule has 0 radical (unpaired) electrons. The predicted molar refractivity (Wildman–Crippen MR) is 53.3 cm³/mol. The molecule has 3 N–H and O–H groups in total. The zero-order valence-electron chi connectivity index (χ0n) is 8.08. The highest BCUT2D eigenvalue weighted by molar-refractivity contribution is 5.30. The van der Waals surface area contributed by atoms with Gasteiger partial charge in [0.1, 0.15) is 5.75 Å². The van der Waals surface area contributed by atoms with Crippen molar-refractivity contribution in [2.24, 2.45) is 5.84 Å². The first-order valence-electron chi connectivity index (χ1n) is 4.42. The lowest BCUT2D eigenvalue weighted by Gasteiger charge is -2.14. The van der Waals surface area contributed by atoms with Crippen molar-refractivity contribution in [3.63, 3.8) is 0 Å². The third-order valence-corrected chi connectivity index (χ3v) is 2.11. The number of methoxy groups -OCH3 is 1. The topological polar surface area (TPSA) is 47.3 Å². The van der Waals surface area contributed by atoms with E-state index in [2.05, 4.69) is 12.3 Å². The van der Waals surface area contributed by atoms with Crippen LogP contribution in [-0.4, -0.2) is 7.11 Å². The van der Waals surface area contributed by atoms with Gasteiger partial charge in [0, 0.05) is 6.04 Å². The van der Waals surface area contributed by atoms with Crippen molar-refractivity contribution in [3.05, 3.63) is 29.8 Å². The van der Waals surface area contributed by atoms with Crippen LogP contribution in [0.15, 0.2) is 24.3 Å². The number of hydrazine groups is 1. The molecule has 0 bridgehead atoms. The van der Waals surface area contributed by atoms with Gasteiger partial charge < -0.3 is 4.74 Å². The zero-order valence-corrected chi connectivity index (χ0v) is 8.08. The van der Waals surface area contributed by atoms with Crippen LogP contribution in [0.4, 0.5) is 0 Å². The van der Waals surface area contributed by atoms with Gasteiger partial charge >= 0.3 is 0 Å². The lowest BCUT2D eigenvalue weighted by Crippen LogP contribution is -2.27. The Kier molecular flexibility index (Phi) is 3.73. The third kappa shape index (κ3) is 2.44. The van der Waals surface area contributed by atoms with Gasteiger partial charge in [-0.2, -0.15) is 0 Å². The standard InChI is InChI=1S/C10H16N2O/c1-3-10(12-11)8-5-4-6-9(7-8)13-2/h4-7,10,12H,3,11H2,1-2H3. The van der Waals surface area contributed by atoms with Crippen LogP contribution < -0.4 is 16.0 Å². The van der Waals surface area contributed by atoms with Gasteiger partial charge in [0.05, 0.1) is 7.11 Å². The number of hydrogen-bond acceptors (Lipinski definition) is 3. The number of hydrogen-bond donors (Lipinski definition) is 2. The Bertz CT molecular complexity index is 259. The molecule has 0 saturated carbocycles. The molecular formula is C10H16N2O. The maximum atomic E-state index is 5.42. The largest absolute Gasteiger partial charge is 0.497 e. The van der Waals surface area contributed by atoms with Crippen molar-refractivity contribution >= 4 is 0 Å². The minimum absolute atomic E-state index is 0.204. The molecule has 3 heteroatoms. The number of nitrogens with one attached hydrogen (secondary N) is 1. The number of benzene rings is 1. The molecule has 0 aliphatic carbocycles. The molecule has 0 fully saturated rings. The average molecular weight is 180 g/mol. The molecule has 0 aliphatic rings. The first kappa shape index (κ1) is 10.0. The second-order valence-electron chi connectivity index (χ2n) is 2.90. The van der Waals surface area contributed by atoms with Crippen LogP contribution in [0.1, 0.15) is 24.9 Å². The molecule has 0 spiro atoms. The summed E-state index contributed by atoms with van der Waals surface area (Å²) in [6.45, 7) is 2.09. The second kappa shape index (κ2) is 4.84. The van der Waals surface area contributed by atoms with Crippen LogP contribution in [0, 0.1) is 0 Å². The molecule has 1 atom stereocenters. The minimum atomic E-state index is 0.204. The van der Waals surface area contributed by atoms with Crippen LogP contribution >= 0.6 is 0 Å². The Balaban J connectivity index is 2.86. The smallest absolute Gasteiger partial charge is 0.119 e. The Morgan fingerprint density at radius 3 is 2.85 bits per heavy atom. The second-order valence-corrected chi connectivity index (χ2v) is 2.90. The molecule has 0 aromatic heterocycles. The first-order chi connectivity index (χ1) is 6.31. The molecule has 0 heterocycles. The molecule has 0 aliphatic heterocycles. The van der Waals surface area contributed by atoms with Crippen LogP contribution in [0.2, 0.25) is 0 Å². The van der Waals surface area contributed by atoms with E-state index < -0.39 is 0 Å². The van der Waals surface area contributed by atoms with Crippen molar-refractivity contribution < 1.29 is 4.74 Å². The van der Waals surface area contributed by atoms with Gasteiger partial charge in [-0.05, 0) is 24.1 Å². The van der Waals surface area contributed by atoms with Gasteiger partial charge in [0.15, 0.2) is 0 Å². The maximum absolute atomic E-state index is 5.42. The van der Waals surface area contributed by atoms with Crippen molar-refractivity contribution in [2.45, 2.75) is 19.4 Å². The summed E-state index contributed by atoms with van der Waals surface area (Å²) in [5, 5.41) is 0. The van der Waals surface area contributed by atoms with Crippen molar-refractivity contribution in [1.82, 2.24) is 5.43 Å². The van der Waals surface area contributed by atoms with E-state index in [1.54, 1.807) is 7.11 Å². The highest BCUT2D eigenvalue weighted by atomic mass is 16.5.